The van der Waals surface area contributed by atoms with E-state index >= 15 is 0 Å². The van der Waals surface area contributed by atoms with Crippen molar-refractivity contribution in [3.05, 3.63) is 0 Å². The number of hydrogen-bond acceptors (Lipinski definition) is 3. The summed E-state index contributed by atoms with van der Waals surface area (Å²) < 4.78 is 21.9. The zero-order valence-electron chi connectivity index (χ0n) is 5.42. The highest BCUT2D eigenvalue weighted by Gasteiger charge is 2.23. The third-order valence-electron chi connectivity index (χ3n) is 1.61. The van der Waals surface area contributed by atoms with Gasteiger partial charge in [0.05, 0.1) is 11.0 Å². The molecular formula is C5H11NO2S. The molecule has 1 aliphatic rings. The van der Waals surface area contributed by atoms with Crippen LogP contribution in [0.3, 0.4) is 0 Å². The molecule has 1 fully saturated rings. The predicted octanol–water partition coefficient (Wildman–Crippen LogP) is -0.607. The summed E-state index contributed by atoms with van der Waals surface area (Å²) in [5, 5.41) is 2.82. The van der Waals surface area contributed by atoms with Crippen LogP contribution in [0.2, 0.25) is 0 Å². The lowest BCUT2D eigenvalue weighted by Gasteiger charge is -2.18. The zero-order valence-corrected chi connectivity index (χ0v) is 6.24. The Bertz CT molecular complexity index is 185. The first kappa shape index (κ1) is 7.02. The topological polar surface area (TPSA) is 46.2 Å². The van der Waals surface area contributed by atoms with Crippen molar-refractivity contribution < 1.29 is 8.42 Å². The van der Waals surface area contributed by atoms with Crippen molar-refractivity contribution in [2.24, 2.45) is 0 Å². The van der Waals surface area contributed by atoms with Crippen molar-refractivity contribution in [2.45, 2.75) is 12.2 Å². The van der Waals surface area contributed by atoms with Crippen molar-refractivity contribution in [1.82, 2.24) is 5.32 Å². The van der Waals surface area contributed by atoms with Gasteiger partial charge in [-0.25, -0.2) is 8.42 Å². The third-order valence-corrected chi connectivity index (χ3v) is 3.77. The maximum atomic E-state index is 10.9. The van der Waals surface area contributed by atoms with Crippen LogP contribution in [0.25, 0.3) is 0 Å². The monoisotopic (exact) mass is 149 g/mol. The molecule has 0 aromatic rings. The van der Waals surface area contributed by atoms with E-state index in [0.717, 1.165) is 0 Å². The largest absolute Gasteiger partial charge is 0.314 e. The van der Waals surface area contributed by atoms with E-state index < -0.39 is 9.84 Å². The second-order valence-electron chi connectivity index (χ2n) is 2.38. The Balaban J connectivity index is 2.72. The Morgan fingerprint density at radius 2 is 2.22 bits per heavy atom. The first-order valence-electron chi connectivity index (χ1n) is 3.05. The van der Waals surface area contributed by atoms with Gasteiger partial charge in [-0.1, -0.05) is 0 Å². The van der Waals surface area contributed by atoms with E-state index in [4.69, 9.17) is 0 Å². The van der Waals surface area contributed by atoms with Crippen LogP contribution in [-0.2, 0) is 9.84 Å². The second kappa shape index (κ2) is 2.27. The SMILES string of the molecule is C[C@H]1CNCCS1(=O)=O. The molecule has 0 saturated carbocycles. The van der Waals surface area contributed by atoms with E-state index in [2.05, 4.69) is 5.32 Å². The van der Waals surface area contributed by atoms with Gasteiger partial charge in [-0.3, -0.25) is 0 Å². The van der Waals surface area contributed by atoms with E-state index in [0.29, 0.717) is 18.8 Å². The molecule has 1 N–H and O–H groups in total. The van der Waals surface area contributed by atoms with Gasteiger partial charge in [-0.2, -0.15) is 0 Å². The predicted molar refractivity (Wildman–Crippen MR) is 36.1 cm³/mol. The summed E-state index contributed by atoms with van der Waals surface area (Å²) >= 11 is 0. The van der Waals surface area contributed by atoms with Crippen LogP contribution < -0.4 is 5.32 Å². The summed E-state index contributed by atoms with van der Waals surface area (Å²) in [4.78, 5) is 0. The molecule has 0 aliphatic carbocycles. The molecule has 1 heterocycles. The van der Waals surface area contributed by atoms with Crippen LogP contribution >= 0.6 is 0 Å². The minimum Gasteiger partial charge on any atom is -0.314 e. The van der Waals surface area contributed by atoms with Crippen LogP contribution in [0.5, 0.6) is 0 Å². The molecule has 3 nitrogen and oxygen atoms in total. The van der Waals surface area contributed by atoms with E-state index in [-0.39, 0.29) is 5.25 Å². The van der Waals surface area contributed by atoms with Crippen molar-refractivity contribution in [3.63, 3.8) is 0 Å². The molecule has 0 bridgehead atoms. The fourth-order valence-electron chi connectivity index (χ4n) is 0.848. The first-order chi connectivity index (χ1) is 4.13. The number of nitrogens with one attached hydrogen (secondary N) is 1. The van der Waals surface area contributed by atoms with Crippen molar-refractivity contribution in [2.75, 3.05) is 18.8 Å². The number of hydrogen-bond donors (Lipinski definition) is 1. The molecule has 1 saturated heterocycles. The Hall–Kier alpha value is -0.0900. The number of sulfone groups is 1. The van der Waals surface area contributed by atoms with Gasteiger partial charge in [-0.05, 0) is 6.92 Å². The Kier molecular flexibility index (Phi) is 1.77. The average molecular weight is 149 g/mol. The molecule has 0 unspecified atom stereocenters. The fraction of sp³-hybridized carbons (Fsp3) is 1.00. The molecule has 9 heavy (non-hydrogen) atoms. The first-order valence-corrected chi connectivity index (χ1v) is 4.77. The van der Waals surface area contributed by atoms with Gasteiger partial charge >= 0.3 is 0 Å². The highest BCUT2D eigenvalue weighted by atomic mass is 32.2. The lowest BCUT2D eigenvalue weighted by molar-refractivity contribution is 0.554. The quantitative estimate of drug-likeness (QED) is 0.500. The zero-order chi connectivity index (χ0) is 6.91. The highest BCUT2D eigenvalue weighted by molar-refractivity contribution is 7.92. The van der Waals surface area contributed by atoms with Crippen LogP contribution in [0.1, 0.15) is 6.92 Å². The molecule has 1 aliphatic heterocycles. The van der Waals surface area contributed by atoms with Crippen LogP contribution in [0.15, 0.2) is 0 Å². The van der Waals surface area contributed by atoms with Gasteiger partial charge in [0.2, 0.25) is 0 Å². The Morgan fingerprint density at radius 3 is 2.56 bits per heavy atom. The summed E-state index contributed by atoms with van der Waals surface area (Å²) in [5.74, 6) is 0.300. The van der Waals surface area contributed by atoms with Crippen molar-refractivity contribution in [3.8, 4) is 0 Å². The maximum absolute atomic E-state index is 10.9. The fourth-order valence-corrected chi connectivity index (χ4v) is 2.05. The van der Waals surface area contributed by atoms with Crippen LogP contribution in [-0.4, -0.2) is 32.5 Å². The van der Waals surface area contributed by atoms with Crippen LogP contribution in [0, 0.1) is 0 Å². The van der Waals surface area contributed by atoms with E-state index in [1.165, 1.54) is 0 Å². The van der Waals surface area contributed by atoms with Crippen molar-refractivity contribution in [1.29, 1.82) is 0 Å². The molecule has 0 spiro atoms. The Labute approximate surface area is 55.4 Å². The summed E-state index contributed by atoms with van der Waals surface area (Å²) in [6, 6.07) is 0. The molecule has 1 rings (SSSR count). The third kappa shape index (κ3) is 1.43. The smallest absolute Gasteiger partial charge is 0.155 e. The molecule has 1 atom stereocenters. The van der Waals surface area contributed by atoms with Gasteiger partial charge in [-0.15, -0.1) is 0 Å². The van der Waals surface area contributed by atoms with Gasteiger partial charge in [0.15, 0.2) is 9.84 Å². The molecule has 0 aromatic carbocycles. The van der Waals surface area contributed by atoms with Crippen LogP contribution in [0.4, 0.5) is 0 Å². The van der Waals surface area contributed by atoms with Gasteiger partial charge < -0.3 is 5.32 Å². The summed E-state index contributed by atoms with van der Waals surface area (Å²) in [7, 11) is -2.72. The van der Waals surface area contributed by atoms with E-state index in [1.807, 2.05) is 0 Å². The van der Waals surface area contributed by atoms with E-state index in [1.54, 1.807) is 6.92 Å². The molecule has 0 aromatic heterocycles. The molecule has 0 radical (unpaired) electrons. The average Bonchev–Trinajstić information content (AvgIpc) is 1.77. The molecular weight excluding hydrogens is 138 g/mol. The van der Waals surface area contributed by atoms with Gasteiger partial charge in [0.25, 0.3) is 0 Å². The maximum Gasteiger partial charge on any atom is 0.155 e. The minimum atomic E-state index is -2.72. The van der Waals surface area contributed by atoms with Gasteiger partial charge in [0.1, 0.15) is 0 Å². The Morgan fingerprint density at radius 1 is 1.56 bits per heavy atom. The summed E-state index contributed by atoms with van der Waals surface area (Å²) in [6.07, 6.45) is 0. The lowest BCUT2D eigenvalue weighted by Crippen LogP contribution is -2.42. The molecule has 54 valence electrons. The normalized spacial score (nSPS) is 34.1. The second-order valence-corrected chi connectivity index (χ2v) is 4.92. The lowest BCUT2D eigenvalue weighted by atomic mass is 10.4. The molecule has 4 heteroatoms. The molecule has 0 amide bonds. The number of rotatable bonds is 0. The summed E-state index contributed by atoms with van der Waals surface area (Å²) in [6.45, 7) is 2.97. The standard InChI is InChI=1S/C5H11NO2S/c1-5-4-6-2-3-9(5,7)8/h5-6H,2-4H2,1H3/t5-/m0/s1. The minimum absolute atomic E-state index is 0.189. The van der Waals surface area contributed by atoms with Crippen molar-refractivity contribution >= 4 is 9.84 Å². The highest BCUT2D eigenvalue weighted by Crippen LogP contribution is 2.03. The van der Waals surface area contributed by atoms with E-state index in [9.17, 15) is 8.42 Å². The van der Waals surface area contributed by atoms with Gasteiger partial charge in [0, 0.05) is 13.1 Å². The summed E-state index contributed by atoms with van der Waals surface area (Å²) in [5.41, 5.74) is 0.